The first kappa shape index (κ1) is 14.2. The van der Waals surface area contributed by atoms with Gasteiger partial charge in [0.05, 0.1) is 5.60 Å². The third kappa shape index (κ3) is 8.76. The minimum Gasteiger partial charge on any atom is -0.413 e. The van der Waals surface area contributed by atoms with Gasteiger partial charge in [0.15, 0.2) is 0 Å². The van der Waals surface area contributed by atoms with Crippen LogP contribution in [0.2, 0.25) is 6.04 Å². The number of hydrogen-bond donors (Lipinski definition) is 0. The van der Waals surface area contributed by atoms with Crippen LogP contribution in [-0.4, -0.2) is 15.4 Å². The van der Waals surface area contributed by atoms with Crippen molar-refractivity contribution >= 4 is 9.76 Å². The first-order valence-electron chi connectivity index (χ1n) is 5.89. The fraction of sp³-hybridized carbons (Fsp3) is 1.00. The third-order valence-electron chi connectivity index (χ3n) is 2.30. The molecular formula is C12H26OSi. The Hall–Kier alpha value is 0.177. The first-order chi connectivity index (χ1) is 6.48. The van der Waals surface area contributed by atoms with Gasteiger partial charge in [-0.25, -0.2) is 0 Å². The van der Waals surface area contributed by atoms with Crippen molar-refractivity contribution in [2.75, 3.05) is 0 Å². The molecule has 0 aliphatic carbocycles. The second-order valence-corrected chi connectivity index (χ2v) is 6.03. The van der Waals surface area contributed by atoms with Crippen LogP contribution >= 0.6 is 0 Å². The molecule has 0 spiro atoms. The van der Waals surface area contributed by atoms with Gasteiger partial charge in [-0.2, -0.15) is 0 Å². The van der Waals surface area contributed by atoms with Crippen LogP contribution in [0.5, 0.6) is 0 Å². The molecule has 0 rings (SSSR count). The van der Waals surface area contributed by atoms with E-state index in [-0.39, 0.29) is 5.60 Å². The van der Waals surface area contributed by atoms with Crippen LogP contribution in [0.3, 0.4) is 0 Å². The molecule has 0 saturated heterocycles. The fourth-order valence-electron chi connectivity index (χ4n) is 1.18. The van der Waals surface area contributed by atoms with Crippen molar-refractivity contribution in [3.63, 3.8) is 0 Å². The molecule has 0 aliphatic heterocycles. The van der Waals surface area contributed by atoms with Crippen LogP contribution in [0.4, 0.5) is 0 Å². The van der Waals surface area contributed by atoms with Gasteiger partial charge in [0, 0.05) is 0 Å². The molecule has 0 saturated carbocycles. The van der Waals surface area contributed by atoms with Crippen molar-refractivity contribution < 1.29 is 4.43 Å². The Morgan fingerprint density at radius 2 is 1.93 bits per heavy atom. The normalized spacial score (nSPS) is 12.4. The van der Waals surface area contributed by atoms with Gasteiger partial charge in [0.1, 0.15) is 0 Å². The molecule has 84 valence electrons. The summed E-state index contributed by atoms with van der Waals surface area (Å²) < 4.78 is 5.91. The molecule has 0 unspecified atom stereocenters. The predicted molar refractivity (Wildman–Crippen MR) is 64.7 cm³/mol. The smallest absolute Gasteiger partial charge is 0.230 e. The molecule has 2 heteroatoms. The molecule has 0 bridgehead atoms. The molecule has 14 heavy (non-hydrogen) atoms. The van der Waals surface area contributed by atoms with E-state index >= 15 is 0 Å². The third-order valence-corrected chi connectivity index (χ3v) is 3.56. The fourth-order valence-corrected chi connectivity index (χ4v) is 2.28. The van der Waals surface area contributed by atoms with Crippen LogP contribution < -0.4 is 0 Å². The minimum absolute atomic E-state index is 0.0937. The highest BCUT2D eigenvalue weighted by molar-refractivity contribution is 6.27. The summed E-state index contributed by atoms with van der Waals surface area (Å²) in [5.74, 6) is 0.789. The van der Waals surface area contributed by atoms with E-state index < -0.39 is 0 Å². The van der Waals surface area contributed by atoms with E-state index in [1.54, 1.807) is 0 Å². The van der Waals surface area contributed by atoms with Crippen LogP contribution in [0.25, 0.3) is 0 Å². The van der Waals surface area contributed by atoms with Crippen molar-refractivity contribution in [3.8, 4) is 0 Å². The maximum absolute atomic E-state index is 5.91. The molecule has 0 N–H and O–H groups in total. The number of unbranched alkanes of at least 4 members (excludes halogenated alkanes) is 1. The van der Waals surface area contributed by atoms with Crippen molar-refractivity contribution in [1.29, 1.82) is 0 Å². The van der Waals surface area contributed by atoms with Gasteiger partial charge < -0.3 is 4.43 Å². The largest absolute Gasteiger partial charge is 0.413 e. The maximum Gasteiger partial charge on any atom is 0.230 e. The molecule has 0 heterocycles. The van der Waals surface area contributed by atoms with Gasteiger partial charge in [0.2, 0.25) is 9.76 Å². The molecule has 2 radical (unpaired) electrons. The zero-order chi connectivity index (χ0) is 11.0. The molecule has 0 aromatic heterocycles. The topological polar surface area (TPSA) is 9.23 Å². The highest BCUT2D eigenvalue weighted by Gasteiger charge is 2.18. The summed E-state index contributed by atoms with van der Waals surface area (Å²) in [4.78, 5) is 0. The van der Waals surface area contributed by atoms with E-state index in [1.165, 1.54) is 31.7 Å². The lowest BCUT2D eigenvalue weighted by Gasteiger charge is -2.26. The molecule has 0 amide bonds. The minimum atomic E-state index is 0.0937. The second kappa shape index (κ2) is 7.47. The predicted octanol–water partition coefficient (Wildman–Crippen LogP) is 4.06. The number of hydrogen-bond acceptors (Lipinski definition) is 1. The summed E-state index contributed by atoms with van der Waals surface area (Å²) >= 11 is 0. The molecule has 0 fully saturated rings. The molecule has 0 aromatic carbocycles. The molecule has 0 aromatic rings. The average Bonchev–Trinajstić information content (AvgIpc) is 2.10. The maximum atomic E-state index is 5.91. The van der Waals surface area contributed by atoms with Gasteiger partial charge in [-0.05, 0) is 38.7 Å². The van der Waals surface area contributed by atoms with E-state index in [0.29, 0.717) is 9.76 Å². The Kier molecular flexibility index (Phi) is 7.56. The Balaban J connectivity index is 3.50. The van der Waals surface area contributed by atoms with E-state index in [0.717, 1.165) is 5.92 Å². The number of rotatable bonds is 8. The Labute approximate surface area is 92.6 Å². The lowest BCUT2D eigenvalue weighted by molar-refractivity contribution is 0.0979. The van der Waals surface area contributed by atoms with Crippen LogP contribution in [-0.2, 0) is 4.43 Å². The summed E-state index contributed by atoms with van der Waals surface area (Å²) in [6.07, 6.45) is 5.04. The van der Waals surface area contributed by atoms with Gasteiger partial charge in [-0.3, -0.25) is 0 Å². The van der Waals surface area contributed by atoms with Crippen molar-refractivity contribution in [3.05, 3.63) is 0 Å². The molecular weight excluding hydrogens is 188 g/mol. The van der Waals surface area contributed by atoms with Crippen molar-refractivity contribution in [2.45, 2.75) is 71.9 Å². The zero-order valence-corrected chi connectivity index (χ0v) is 11.5. The summed E-state index contributed by atoms with van der Waals surface area (Å²) in [5, 5.41) is 0. The summed E-state index contributed by atoms with van der Waals surface area (Å²) in [5.41, 5.74) is 0.0937. The van der Waals surface area contributed by atoms with Gasteiger partial charge in [-0.15, -0.1) is 0 Å². The zero-order valence-electron chi connectivity index (χ0n) is 10.5. The monoisotopic (exact) mass is 214 g/mol. The van der Waals surface area contributed by atoms with Crippen LogP contribution in [0, 0.1) is 5.92 Å². The second-order valence-electron chi connectivity index (χ2n) is 5.04. The lowest BCUT2D eigenvalue weighted by atomic mass is 9.97. The van der Waals surface area contributed by atoms with Gasteiger partial charge in [0.25, 0.3) is 0 Å². The summed E-state index contributed by atoms with van der Waals surface area (Å²) in [7, 11) is 0.694. The average molecular weight is 214 g/mol. The lowest BCUT2D eigenvalue weighted by Crippen LogP contribution is -2.26. The van der Waals surface area contributed by atoms with Gasteiger partial charge >= 0.3 is 0 Å². The first-order valence-corrected chi connectivity index (χ1v) is 7.00. The quantitative estimate of drug-likeness (QED) is 0.437. The van der Waals surface area contributed by atoms with Crippen molar-refractivity contribution in [1.82, 2.24) is 0 Å². The Morgan fingerprint density at radius 1 is 1.29 bits per heavy atom. The highest BCUT2D eigenvalue weighted by Crippen LogP contribution is 2.19. The van der Waals surface area contributed by atoms with Crippen LogP contribution in [0.1, 0.15) is 60.3 Å². The molecule has 0 atom stereocenters. The molecule has 0 aliphatic rings. The SMILES string of the molecule is CCCC[Si]OC(C)(C)CCC(C)C. The summed E-state index contributed by atoms with van der Waals surface area (Å²) in [6.45, 7) is 11.2. The Bertz CT molecular complexity index is 132. The Morgan fingerprint density at radius 3 is 2.43 bits per heavy atom. The van der Waals surface area contributed by atoms with Crippen molar-refractivity contribution in [2.24, 2.45) is 5.92 Å². The van der Waals surface area contributed by atoms with Gasteiger partial charge in [-0.1, -0.05) is 33.6 Å². The highest BCUT2D eigenvalue weighted by atomic mass is 28.2. The van der Waals surface area contributed by atoms with E-state index in [1.807, 2.05) is 0 Å². The standard InChI is InChI=1S/C12H26OSi/c1-6-7-10-14-13-12(4,5)9-8-11(2)3/h11H,6-10H2,1-5H3. The van der Waals surface area contributed by atoms with E-state index in [4.69, 9.17) is 4.43 Å². The van der Waals surface area contributed by atoms with E-state index in [2.05, 4.69) is 34.6 Å². The van der Waals surface area contributed by atoms with E-state index in [9.17, 15) is 0 Å². The summed E-state index contributed by atoms with van der Waals surface area (Å²) in [6, 6.07) is 1.24. The van der Waals surface area contributed by atoms with Crippen LogP contribution in [0.15, 0.2) is 0 Å². The molecule has 1 nitrogen and oxygen atoms in total.